The normalized spacial score (nSPS) is 11.7. The van der Waals surface area contributed by atoms with Gasteiger partial charge < -0.3 is 14.9 Å². The Morgan fingerprint density at radius 1 is 0.750 bits per heavy atom. The van der Waals surface area contributed by atoms with E-state index >= 15 is 0 Å². The Morgan fingerprint density at radius 2 is 1.11 bits per heavy atom. The van der Waals surface area contributed by atoms with E-state index in [-0.39, 0.29) is 22.6 Å². The third-order valence-electron chi connectivity index (χ3n) is 4.95. The van der Waals surface area contributed by atoms with Crippen molar-refractivity contribution < 1.29 is 31.3 Å². The van der Waals surface area contributed by atoms with Gasteiger partial charge in [0.15, 0.2) is 11.4 Å². The lowest BCUT2D eigenvalue weighted by atomic mass is 10.1. The molecule has 4 aromatic rings. The van der Waals surface area contributed by atoms with Crippen molar-refractivity contribution in [2.24, 2.45) is 14.1 Å². The lowest BCUT2D eigenvalue weighted by Gasteiger charge is -2.09. The van der Waals surface area contributed by atoms with Crippen molar-refractivity contribution in [2.75, 3.05) is 5.73 Å². The molecule has 0 atom stereocenters. The number of rotatable bonds is 3. The van der Waals surface area contributed by atoms with Crippen molar-refractivity contribution >= 4 is 11.4 Å². The van der Waals surface area contributed by atoms with E-state index in [1.54, 1.807) is 12.1 Å². The van der Waals surface area contributed by atoms with Gasteiger partial charge in [-0.2, -0.15) is 26.3 Å². The number of aryl methyl sites for hydroxylation is 2. The molecular weight excluding hydrogens is 494 g/mol. The van der Waals surface area contributed by atoms with Crippen LogP contribution in [-0.4, -0.2) is 24.0 Å². The largest absolute Gasteiger partial charge is 0.433 e. The molecule has 0 saturated heterocycles. The predicted octanol–water partition coefficient (Wildman–Crippen LogP) is 5.70. The molecule has 2 heterocycles. The van der Waals surface area contributed by atoms with Crippen molar-refractivity contribution in [2.45, 2.75) is 12.4 Å². The van der Waals surface area contributed by atoms with Crippen molar-refractivity contribution in [1.82, 2.24) is 19.1 Å². The summed E-state index contributed by atoms with van der Waals surface area (Å²) >= 11 is 0. The summed E-state index contributed by atoms with van der Waals surface area (Å²) in [5.74, 6) is 0. The number of hydrogen-bond donors (Lipinski definition) is 1. The number of halogens is 6. The second-order valence-corrected chi connectivity index (χ2v) is 7.53. The fourth-order valence-electron chi connectivity index (χ4n) is 3.33. The molecular formula is C22H18F6N6O2. The molecule has 0 bridgehead atoms. The van der Waals surface area contributed by atoms with Crippen LogP contribution in [0.25, 0.3) is 22.5 Å². The van der Waals surface area contributed by atoms with E-state index < -0.39 is 28.7 Å². The number of imidazole rings is 2. The van der Waals surface area contributed by atoms with E-state index in [4.69, 9.17) is 5.73 Å². The van der Waals surface area contributed by atoms with Gasteiger partial charge in [-0.25, -0.2) is 9.97 Å². The summed E-state index contributed by atoms with van der Waals surface area (Å²) in [6.07, 6.45) is -6.77. The maximum absolute atomic E-state index is 12.9. The van der Waals surface area contributed by atoms with Crippen LogP contribution in [0.2, 0.25) is 0 Å². The van der Waals surface area contributed by atoms with Crippen LogP contribution in [0.4, 0.5) is 37.7 Å². The number of anilines is 1. The van der Waals surface area contributed by atoms with Gasteiger partial charge in [-0.1, -0.05) is 12.1 Å². The van der Waals surface area contributed by atoms with Gasteiger partial charge in [0.25, 0.3) is 5.69 Å². The molecule has 8 nitrogen and oxygen atoms in total. The van der Waals surface area contributed by atoms with Gasteiger partial charge in [-0.15, -0.1) is 0 Å². The summed E-state index contributed by atoms with van der Waals surface area (Å²) in [5, 5.41) is 10.5. The number of nitrogen functional groups attached to an aromatic ring is 1. The minimum Gasteiger partial charge on any atom is -0.399 e. The average molecular weight is 512 g/mol. The minimum absolute atomic E-state index is 0.0833. The zero-order valence-corrected chi connectivity index (χ0v) is 18.7. The molecule has 36 heavy (non-hydrogen) atoms. The summed E-state index contributed by atoms with van der Waals surface area (Å²) in [4.78, 5) is 17.4. The van der Waals surface area contributed by atoms with Gasteiger partial charge in [-0.05, 0) is 24.3 Å². The van der Waals surface area contributed by atoms with E-state index in [0.717, 1.165) is 33.9 Å². The summed E-state index contributed by atoms with van der Waals surface area (Å²) in [5.41, 5.74) is 4.39. The third kappa shape index (κ3) is 5.64. The molecule has 2 aromatic carbocycles. The Kier molecular flexibility index (Phi) is 7.08. The summed E-state index contributed by atoms with van der Waals surface area (Å²) in [7, 11) is 2.56. The third-order valence-corrected chi connectivity index (χ3v) is 4.95. The van der Waals surface area contributed by atoms with Gasteiger partial charge in [0, 0.05) is 43.0 Å². The summed E-state index contributed by atoms with van der Waals surface area (Å²) in [6, 6.07) is 10.9. The van der Waals surface area contributed by atoms with Crippen molar-refractivity contribution in [3.8, 4) is 22.5 Å². The molecule has 4 rings (SSSR count). The fraction of sp³-hybridized carbons (Fsp3) is 0.182. The molecule has 0 aliphatic carbocycles. The predicted molar refractivity (Wildman–Crippen MR) is 118 cm³/mol. The number of benzene rings is 2. The molecule has 0 saturated carbocycles. The number of nitro groups is 1. The first-order valence-electron chi connectivity index (χ1n) is 9.98. The highest BCUT2D eigenvalue weighted by Gasteiger charge is 2.38. The first kappa shape index (κ1) is 26.2. The zero-order chi connectivity index (χ0) is 26.8. The molecule has 2 aromatic heterocycles. The maximum atomic E-state index is 12.9. The van der Waals surface area contributed by atoms with Crippen LogP contribution in [0.5, 0.6) is 0 Å². The molecule has 0 fully saturated rings. The molecule has 14 heteroatoms. The van der Waals surface area contributed by atoms with Crippen LogP contribution in [-0.2, 0) is 26.4 Å². The molecule has 190 valence electrons. The number of alkyl halides is 6. The Balaban J connectivity index is 0.000000202. The molecule has 0 spiro atoms. The highest BCUT2D eigenvalue weighted by molar-refractivity contribution is 5.65. The quantitative estimate of drug-likeness (QED) is 0.164. The average Bonchev–Trinajstić information content (AvgIpc) is 3.37. The Hall–Kier alpha value is -4.36. The topological polar surface area (TPSA) is 105 Å². The molecule has 0 radical (unpaired) electrons. The van der Waals surface area contributed by atoms with Gasteiger partial charge in [-0.3, -0.25) is 10.1 Å². The van der Waals surface area contributed by atoms with E-state index in [1.807, 2.05) is 0 Å². The molecule has 0 unspecified atom stereocenters. The Bertz CT molecular complexity index is 1360. The molecule has 0 aliphatic heterocycles. The van der Waals surface area contributed by atoms with Gasteiger partial charge in [0.1, 0.15) is 11.4 Å². The monoisotopic (exact) mass is 512 g/mol. The van der Waals surface area contributed by atoms with Gasteiger partial charge in [0.05, 0.1) is 17.6 Å². The number of nitro benzene ring substituents is 1. The molecule has 0 amide bonds. The Morgan fingerprint density at radius 3 is 1.44 bits per heavy atom. The number of non-ortho nitro benzene ring substituents is 1. The highest BCUT2D eigenvalue weighted by atomic mass is 19.4. The van der Waals surface area contributed by atoms with E-state index in [2.05, 4.69) is 9.97 Å². The summed E-state index contributed by atoms with van der Waals surface area (Å²) < 4.78 is 78.9. The first-order valence-corrected chi connectivity index (χ1v) is 9.98. The molecule has 2 N–H and O–H groups in total. The number of nitrogens with zero attached hydrogens (tertiary/aromatic N) is 5. The van der Waals surface area contributed by atoms with E-state index in [9.17, 15) is 36.5 Å². The number of nitrogens with two attached hydrogens (primary N) is 1. The Labute approximate surface area is 199 Å². The summed E-state index contributed by atoms with van der Waals surface area (Å²) in [6.45, 7) is 0. The minimum atomic E-state index is -4.54. The second kappa shape index (κ2) is 9.71. The lowest BCUT2D eigenvalue weighted by Crippen LogP contribution is -2.12. The lowest BCUT2D eigenvalue weighted by molar-refractivity contribution is -0.384. The molecule has 0 aliphatic rings. The van der Waals surface area contributed by atoms with Crippen molar-refractivity contribution in [3.05, 3.63) is 82.7 Å². The van der Waals surface area contributed by atoms with Gasteiger partial charge in [0.2, 0.25) is 0 Å². The fourth-order valence-corrected chi connectivity index (χ4v) is 3.33. The SMILES string of the molecule is Cn1cnc(-c2ccc(N)cc2)c1C(F)(F)F.Cn1cnc(-c2ccc([N+](=O)[O-])cc2)c1C(F)(F)F. The smallest absolute Gasteiger partial charge is 0.399 e. The second-order valence-electron chi connectivity index (χ2n) is 7.53. The van der Waals surface area contributed by atoms with Crippen LogP contribution in [0.15, 0.2) is 61.2 Å². The maximum Gasteiger partial charge on any atom is 0.433 e. The van der Waals surface area contributed by atoms with Crippen LogP contribution in [0.1, 0.15) is 11.4 Å². The number of hydrogen-bond acceptors (Lipinski definition) is 5. The van der Waals surface area contributed by atoms with Crippen molar-refractivity contribution in [1.29, 1.82) is 0 Å². The van der Waals surface area contributed by atoms with Crippen LogP contribution in [0.3, 0.4) is 0 Å². The van der Waals surface area contributed by atoms with Crippen molar-refractivity contribution in [3.63, 3.8) is 0 Å². The van der Waals surface area contributed by atoms with Crippen LogP contribution >= 0.6 is 0 Å². The van der Waals surface area contributed by atoms with E-state index in [0.29, 0.717) is 11.3 Å². The van der Waals surface area contributed by atoms with Gasteiger partial charge >= 0.3 is 12.4 Å². The highest BCUT2D eigenvalue weighted by Crippen LogP contribution is 2.37. The first-order chi connectivity index (χ1) is 16.7. The van der Waals surface area contributed by atoms with Crippen LogP contribution < -0.4 is 5.73 Å². The van der Waals surface area contributed by atoms with E-state index in [1.165, 1.54) is 38.4 Å². The standard InChI is InChI=1S/C11H8F3N3O2.C11H10F3N3/c1-16-6-15-9(10(16)11(12,13)14)7-2-4-8(5-3-7)17(18)19;1-17-6-16-9(10(17)11(12,13)14)7-2-4-8(15)5-3-7/h2-6H,1H3;2-6H,15H2,1H3. The van der Waals surface area contributed by atoms with Crippen LogP contribution in [0, 0.1) is 10.1 Å². The zero-order valence-electron chi connectivity index (χ0n) is 18.7. The number of aromatic nitrogens is 4.